The van der Waals surface area contributed by atoms with Crippen LogP contribution in [0, 0.1) is 0 Å². The summed E-state index contributed by atoms with van der Waals surface area (Å²) in [4.78, 5) is 15.6. The Kier molecular flexibility index (Phi) is 9.43. The van der Waals surface area contributed by atoms with Crippen LogP contribution in [0.5, 0.6) is 0 Å². The zero-order chi connectivity index (χ0) is 45.0. The molecule has 318 valence electrons. The van der Waals surface area contributed by atoms with E-state index in [4.69, 9.17) is 19.4 Å². The van der Waals surface area contributed by atoms with Crippen LogP contribution >= 0.6 is 0 Å². The number of fused-ring (bicyclic) bond motifs is 6. The molecule has 0 atom stereocenters. The molecule has 0 aliphatic rings. The fourth-order valence-corrected chi connectivity index (χ4v) is 9.79. The maximum absolute atomic E-state index is 6.55. The highest BCUT2D eigenvalue weighted by atomic mass is 16.3. The second-order valence-corrected chi connectivity index (χ2v) is 17.2. The van der Waals surface area contributed by atoms with E-state index in [1.807, 2.05) is 36.4 Å². The Morgan fingerprint density at radius 2 is 0.779 bits per heavy atom. The molecule has 13 rings (SSSR count). The monoisotopic (exact) mass is 868 g/mol. The van der Waals surface area contributed by atoms with Gasteiger partial charge in [-0.05, 0) is 81.9 Å². The molecule has 5 nitrogen and oxygen atoms in total. The van der Waals surface area contributed by atoms with Gasteiger partial charge in [-0.2, -0.15) is 0 Å². The van der Waals surface area contributed by atoms with Crippen LogP contribution in [0.1, 0.15) is 0 Å². The van der Waals surface area contributed by atoms with Crippen molar-refractivity contribution in [2.24, 2.45) is 0 Å². The van der Waals surface area contributed by atoms with Crippen molar-refractivity contribution in [2.75, 3.05) is 0 Å². The van der Waals surface area contributed by atoms with Gasteiger partial charge in [0.2, 0.25) is 0 Å². The minimum absolute atomic E-state index is 0.595. The van der Waals surface area contributed by atoms with E-state index in [9.17, 15) is 0 Å². The lowest BCUT2D eigenvalue weighted by Crippen LogP contribution is -2.02. The number of aromatic nitrogens is 4. The van der Waals surface area contributed by atoms with E-state index in [0.29, 0.717) is 17.5 Å². The molecule has 0 unspecified atom stereocenters. The van der Waals surface area contributed by atoms with Crippen molar-refractivity contribution in [3.63, 3.8) is 0 Å². The molecule has 0 aliphatic heterocycles. The molecule has 0 radical (unpaired) electrons. The summed E-state index contributed by atoms with van der Waals surface area (Å²) in [5.74, 6) is 1.81. The molecule has 0 aliphatic carbocycles. The minimum Gasteiger partial charge on any atom is -0.455 e. The van der Waals surface area contributed by atoms with Crippen molar-refractivity contribution in [1.82, 2.24) is 19.5 Å². The summed E-state index contributed by atoms with van der Waals surface area (Å²) < 4.78 is 8.96. The number of hydrogen-bond donors (Lipinski definition) is 0. The summed E-state index contributed by atoms with van der Waals surface area (Å²) in [5.41, 5.74) is 16.6. The summed E-state index contributed by atoms with van der Waals surface area (Å²) in [6.07, 6.45) is 0. The van der Waals surface area contributed by atoms with Gasteiger partial charge in [-0.15, -0.1) is 0 Å². The maximum atomic E-state index is 6.55. The van der Waals surface area contributed by atoms with Gasteiger partial charge in [0.1, 0.15) is 11.2 Å². The van der Waals surface area contributed by atoms with Gasteiger partial charge < -0.3 is 8.98 Å². The molecular weight excluding hydrogens is 829 g/mol. The summed E-state index contributed by atoms with van der Waals surface area (Å²) >= 11 is 0. The van der Waals surface area contributed by atoms with Gasteiger partial charge in [-0.25, -0.2) is 15.0 Å². The van der Waals surface area contributed by atoms with Gasteiger partial charge in [0.15, 0.2) is 17.5 Å². The molecule has 0 saturated carbocycles. The predicted molar refractivity (Wildman–Crippen MR) is 279 cm³/mol. The maximum Gasteiger partial charge on any atom is 0.164 e. The Morgan fingerprint density at radius 3 is 1.51 bits per heavy atom. The van der Waals surface area contributed by atoms with Crippen LogP contribution in [0.4, 0.5) is 0 Å². The molecule has 0 bridgehead atoms. The van der Waals surface area contributed by atoms with Crippen molar-refractivity contribution in [3.8, 4) is 84.4 Å². The van der Waals surface area contributed by atoms with Crippen LogP contribution in [0.3, 0.4) is 0 Å². The van der Waals surface area contributed by atoms with Crippen molar-refractivity contribution < 1.29 is 4.42 Å². The minimum atomic E-state index is 0.595. The highest BCUT2D eigenvalue weighted by Gasteiger charge is 2.21. The molecule has 0 N–H and O–H groups in total. The fourth-order valence-electron chi connectivity index (χ4n) is 9.79. The van der Waals surface area contributed by atoms with E-state index in [0.717, 1.165) is 88.7 Å². The predicted octanol–water partition coefficient (Wildman–Crippen LogP) is 16.5. The van der Waals surface area contributed by atoms with Crippen LogP contribution < -0.4 is 0 Å². The van der Waals surface area contributed by atoms with E-state index in [2.05, 4.69) is 211 Å². The first-order chi connectivity index (χ1) is 33.7. The Labute approximate surface area is 392 Å². The topological polar surface area (TPSA) is 56.7 Å². The third-order valence-electron chi connectivity index (χ3n) is 13.1. The second kappa shape index (κ2) is 16.4. The summed E-state index contributed by atoms with van der Waals surface area (Å²) in [5, 5.41) is 4.58. The van der Waals surface area contributed by atoms with E-state index < -0.39 is 0 Å². The van der Waals surface area contributed by atoms with E-state index in [-0.39, 0.29) is 0 Å². The molecule has 68 heavy (non-hydrogen) atoms. The Hall–Kier alpha value is -9.19. The first-order valence-corrected chi connectivity index (χ1v) is 22.9. The van der Waals surface area contributed by atoms with Gasteiger partial charge in [0.25, 0.3) is 0 Å². The third kappa shape index (κ3) is 6.84. The zero-order valence-electron chi connectivity index (χ0n) is 36.8. The van der Waals surface area contributed by atoms with Crippen molar-refractivity contribution in [3.05, 3.63) is 243 Å². The van der Waals surface area contributed by atoms with Crippen molar-refractivity contribution in [1.29, 1.82) is 0 Å². The third-order valence-corrected chi connectivity index (χ3v) is 13.1. The molecule has 3 aromatic heterocycles. The van der Waals surface area contributed by atoms with E-state index in [1.54, 1.807) is 0 Å². The Balaban J connectivity index is 0.981. The average molecular weight is 869 g/mol. The molecule has 5 heteroatoms. The van der Waals surface area contributed by atoms with Gasteiger partial charge >= 0.3 is 0 Å². The molecule has 0 saturated heterocycles. The highest BCUT2D eigenvalue weighted by molar-refractivity contribution is 6.13. The number of para-hydroxylation sites is 3. The summed E-state index contributed by atoms with van der Waals surface area (Å²) in [6.45, 7) is 0. The first-order valence-electron chi connectivity index (χ1n) is 22.9. The Bertz CT molecular complexity index is 4020. The number of benzene rings is 10. The smallest absolute Gasteiger partial charge is 0.164 e. The van der Waals surface area contributed by atoms with Gasteiger partial charge in [-0.1, -0.05) is 194 Å². The van der Waals surface area contributed by atoms with E-state index >= 15 is 0 Å². The zero-order valence-corrected chi connectivity index (χ0v) is 36.8. The second-order valence-electron chi connectivity index (χ2n) is 17.2. The van der Waals surface area contributed by atoms with Crippen molar-refractivity contribution in [2.45, 2.75) is 0 Å². The van der Waals surface area contributed by atoms with Crippen molar-refractivity contribution >= 4 is 43.7 Å². The van der Waals surface area contributed by atoms with Crippen LogP contribution in [-0.4, -0.2) is 19.5 Å². The Morgan fingerprint density at radius 1 is 0.279 bits per heavy atom. The van der Waals surface area contributed by atoms with Crippen LogP contribution in [-0.2, 0) is 0 Å². The van der Waals surface area contributed by atoms with E-state index in [1.165, 1.54) is 21.9 Å². The van der Waals surface area contributed by atoms with Crippen LogP contribution in [0.2, 0.25) is 0 Å². The molecule has 0 amide bonds. The fraction of sp³-hybridized carbons (Fsp3) is 0. The molecule has 0 fully saturated rings. The average Bonchev–Trinajstić information content (AvgIpc) is 3.97. The highest BCUT2D eigenvalue weighted by Crippen LogP contribution is 2.42. The molecule has 3 heterocycles. The molecule has 13 aromatic rings. The lowest BCUT2D eigenvalue weighted by atomic mass is 9.98. The normalized spacial score (nSPS) is 11.5. The lowest BCUT2D eigenvalue weighted by Gasteiger charge is -2.16. The number of furan rings is 1. The standard InChI is InChI=1S/C63H40N4O/c1-4-17-41(18-5-1)44-23-14-24-45(37-44)46-25-15-26-48(38-46)62-64-61(43-21-8-3-9-22-43)65-63(66-62)49-34-36-57(55(39-49)42-19-6-2-7-20-42)67-56-31-12-10-27-51(56)52-35-33-47(40-58(52)67)50-29-16-30-54-53-28-11-13-32-59(53)68-60(50)54/h1-40H. The van der Waals surface area contributed by atoms with Gasteiger partial charge in [0.05, 0.1) is 16.7 Å². The summed E-state index contributed by atoms with van der Waals surface area (Å²) in [7, 11) is 0. The molecule has 0 spiro atoms. The lowest BCUT2D eigenvalue weighted by molar-refractivity contribution is 0.670. The number of rotatable bonds is 8. The first kappa shape index (κ1) is 39.2. The quantitative estimate of drug-likeness (QED) is 0.153. The molecule has 10 aromatic carbocycles. The van der Waals surface area contributed by atoms with Crippen LogP contribution in [0.15, 0.2) is 247 Å². The number of nitrogens with zero attached hydrogens (tertiary/aromatic N) is 4. The van der Waals surface area contributed by atoms with Gasteiger partial charge in [-0.3, -0.25) is 0 Å². The summed E-state index contributed by atoms with van der Waals surface area (Å²) in [6, 6.07) is 85.3. The van der Waals surface area contributed by atoms with Crippen LogP contribution in [0.25, 0.3) is 128 Å². The number of hydrogen-bond acceptors (Lipinski definition) is 4. The molecular formula is C63H40N4O. The van der Waals surface area contributed by atoms with Gasteiger partial charge in [0, 0.05) is 49.4 Å². The SMILES string of the molecule is c1ccc(-c2cccc(-c3cccc(-c4nc(-c5ccccc5)nc(-c5ccc(-n6c7ccccc7c7ccc(-c8cccc9c8oc8ccccc89)cc76)c(-c6ccccc6)c5)n4)c3)c2)cc1. The largest absolute Gasteiger partial charge is 0.455 e.